The fraction of sp³-hybridized carbons (Fsp3) is 0.833. The Bertz CT molecular complexity index is 362. The lowest BCUT2D eigenvalue weighted by Crippen LogP contribution is -2.24. The van der Waals surface area contributed by atoms with Gasteiger partial charge in [-0.2, -0.15) is 4.98 Å². The van der Waals surface area contributed by atoms with Gasteiger partial charge in [0.05, 0.1) is 0 Å². The van der Waals surface area contributed by atoms with Crippen LogP contribution in [-0.4, -0.2) is 22.7 Å². The minimum Gasteiger partial charge on any atom is -0.339 e. The first kappa shape index (κ1) is 10.3. The van der Waals surface area contributed by atoms with E-state index in [0.717, 1.165) is 17.6 Å². The standard InChI is InChI=1S/C12H19N3O/c1-7(2)12-14-11(15-16-12)9-3-8-4-10(5-9)13-6-8/h7-10,13H,3-6H2,1-2H3. The third-order valence-electron chi connectivity index (χ3n) is 3.82. The highest BCUT2D eigenvalue weighted by molar-refractivity contribution is 5.04. The molecule has 2 heterocycles. The topological polar surface area (TPSA) is 51.0 Å². The Morgan fingerprint density at radius 2 is 2.19 bits per heavy atom. The van der Waals surface area contributed by atoms with Crippen molar-refractivity contribution in [1.82, 2.24) is 15.5 Å². The molecular formula is C12H19N3O. The molecule has 16 heavy (non-hydrogen) atoms. The number of nitrogens with zero attached hydrogens (tertiary/aromatic N) is 2. The first-order valence-corrected chi connectivity index (χ1v) is 6.29. The van der Waals surface area contributed by atoms with Crippen molar-refractivity contribution >= 4 is 0 Å². The molecule has 3 unspecified atom stereocenters. The van der Waals surface area contributed by atoms with E-state index in [2.05, 4.69) is 29.3 Å². The van der Waals surface area contributed by atoms with Crippen molar-refractivity contribution in [1.29, 1.82) is 0 Å². The second-order valence-electron chi connectivity index (χ2n) is 5.52. The van der Waals surface area contributed by atoms with Crippen molar-refractivity contribution in [2.24, 2.45) is 5.92 Å². The maximum atomic E-state index is 5.29. The molecule has 1 N–H and O–H groups in total. The number of hydrogen-bond acceptors (Lipinski definition) is 4. The third kappa shape index (κ3) is 1.75. The fourth-order valence-electron chi connectivity index (χ4n) is 2.96. The van der Waals surface area contributed by atoms with E-state index in [0.29, 0.717) is 17.9 Å². The zero-order valence-corrected chi connectivity index (χ0v) is 9.94. The maximum Gasteiger partial charge on any atom is 0.229 e. The third-order valence-corrected chi connectivity index (χ3v) is 3.82. The summed E-state index contributed by atoms with van der Waals surface area (Å²) in [6, 6.07) is 0.685. The minimum absolute atomic E-state index is 0.333. The van der Waals surface area contributed by atoms with Crippen LogP contribution < -0.4 is 5.32 Å². The number of nitrogens with one attached hydrogen (secondary N) is 1. The predicted octanol–water partition coefficient (Wildman–Crippen LogP) is 2.05. The summed E-state index contributed by atoms with van der Waals surface area (Å²) in [6.45, 7) is 5.35. The van der Waals surface area contributed by atoms with E-state index < -0.39 is 0 Å². The van der Waals surface area contributed by atoms with Crippen molar-refractivity contribution in [3.05, 3.63) is 11.7 Å². The highest BCUT2D eigenvalue weighted by atomic mass is 16.5. The monoisotopic (exact) mass is 221 g/mol. The van der Waals surface area contributed by atoms with E-state index in [1.807, 2.05) is 0 Å². The van der Waals surface area contributed by atoms with E-state index in [-0.39, 0.29) is 0 Å². The second kappa shape index (κ2) is 3.84. The Hall–Kier alpha value is -0.900. The van der Waals surface area contributed by atoms with Crippen LogP contribution in [0.15, 0.2) is 4.52 Å². The number of hydrogen-bond donors (Lipinski definition) is 1. The van der Waals surface area contributed by atoms with Gasteiger partial charge in [0.2, 0.25) is 5.89 Å². The molecule has 2 bridgehead atoms. The molecule has 1 saturated heterocycles. The first-order chi connectivity index (χ1) is 7.72. The Balaban J connectivity index is 1.76. The summed E-state index contributed by atoms with van der Waals surface area (Å²) < 4.78 is 5.29. The first-order valence-electron chi connectivity index (χ1n) is 6.29. The number of fused-ring (bicyclic) bond motifs is 2. The van der Waals surface area contributed by atoms with Gasteiger partial charge in [-0.15, -0.1) is 0 Å². The van der Waals surface area contributed by atoms with E-state index in [1.54, 1.807) is 0 Å². The average Bonchev–Trinajstić information content (AvgIpc) is 2.85. The van der Waals surface area contributed by atoms with Crippen LogP contribution in [0.4, 0.5) is 0 Å². The normalized spacial score (nSPS) is 33.6. The Morgan fingerprint density at radius 1 is 1.31 bits per heavy atom. The molecular weight excluding hydrogens is 202 g/mol. The summed E-state index contributed by atoms with van der Waals surface area (Å²) in [5.74, 6) is 3.38. The second-order valence-corrected chi connectivity index (χ2v) is 5.52. The summed E-state index contributed by atoms with van der Waals surface area (Å²) in [4.78, 5) is 4.52. The van der Waals surface area contributed by atoms with Crippen molar-refractivity contribution < 1.29 is 4.52 Å². The highest BCUT2D eigenvalue weighted by Crippen LogP contribution is 2.38. The Labute approximate surface area is 95.8 Å². The summed E-state index contributed by atoms with van der Waals surface area (Å²) in [6.07, 6.45) is 3.74. The summed E-state index contributed by atoms with van der Waals surface area (Å²) in [5, 5.41) is 7.71. The maximum absolute atomic E-state index is 5.29. The molecule has 4 heteroatoms. The van der Waals surface area contributed by atoms with Gasteiger partial charge in [0.25, 0.3) is 0 Å². The smallest absolute Gasteiger partial charge is 0.229 e. The van der Waals surface area contributed by atoms with Gasteiger partial charge in [0, 0.05) is 17.9 Å². The molecule has 0 spiro atoms. The van der Waals surface area contributed by atoms with E-state index in [4.69, 9.17) is 4.52 Å². The quantitative estimate of drug-likeness (QED) is 0.830. The molecule has 0 amide bonds. The van der Waals surface area contributed by atoms with Gasteiger partial charge in [0.15, 0.2) is 5.82 Å². The molecule has 1 aromatic rings. The molecule has 0 aromatic carbocycles. The Morgan fingerprint density at radius 3 is 2.88 bits per heavy atom. The van der Waals surface area contributed by atoms with E-state index >= 15 is 0 Å². The van der Waals surface area contributed by atoms with Crippen LogP contribution in [0.1, 0.15) is 56.7 Å². The largest absolute Gasteiger partial charge is 0.339 e. The summed E-state index contributed by atoms with van der Waals surface area (Å²) >= 11 is 0. The lowest BCUT2D eigenvalue weighted by atomic mass is 9.81. The van der Waals surface area contributed by atoms with Crippen LogP contribution in [-0.2, 0) is 0 Å². The molecule has 2 aliphatic rings. The van der Waals surface area contributed by atoms with Crippen molar-refractivity contribution in [3.8, 4) is 0 Å². The summed E-state index contributed by atoms with van der Waals surface area (Å²) in [5.41, 5.74) is 0. The molecule has 4 nitrogen and oxygen atoms in total. The zero-order valence-electron chi connectivity index (χ0n) is 9.94. The predicted molar refractivity (Wildman–Crippen MR) is 60.3 cm³/mol. The highest BCUT2D eigenvalue weighted by Gasteiger charge is 2.36. The van der Waals surface area contributed by atoms with Crippen LogP contribution >= 0.6 is 0 Å². The number of aromatic nitrogens is 2. The lowest BCUT2D eigenvalue weighted by molar-refractivity contribution is 0.329. The van der Waals surface area contributed by atoms with E-state index in [1.165, 1.54) is 25.8 Å². The molecule has 1 aromatic heterocycles. The van der Waals surface area contributed by atoms with Crippen LogP contribution in [0, 0.1) is 5.92 Å². The van der Waals surface area contributed by atoms with Gasteiger partial charge >= 0.3 is 0 Å². The molecule has 1 saturated carbocycles. The van der Waals surface area contributed by atoms with Gasteiger partial charge in [-0.05, 0) is 31.7 Å². The minimum atomic E-state index is 0.333. The molecule has 0 radical (unpaired) electrons. The van der Waals surface area contributed by atoms with Gasteiger partial charge in [-0.3, -0.25) is 0 Å². The zero-order chi connectivity index (χ0) is 11.1. The van der Waals surface area contributed by atoms with Crippen molar-refractivity contribution in [2.75, 3.05) is 6.54 Å². The van der Waals surface area contributed by atoms with Crippen LogP contribution in [0.25, 0.3) is 0 Å². The average molecular weight is 221 g/mol. The fourth-order valence-corrected chi connectivity index (χ4v) is 2.96. The van der Waals surface area contributed by atoms with Crippen molar-refractivity contribution in [2.45, 2.75) is 51.0 Å². The molecule has 88 valence electrons. The number of rotatable bonds is 2. The van der Waals surface area contributed by atoms with Gasteiger partial charge < -0.3 is 9.84 Å². The van der Waals surface area contributed by atoms with Gasteiger partial charge in [0.1, 0.15) is 0 Å². The molecule has 3 atom stereocenters. The van der Waals surface area contributed by atoms with Gasteiger partial charge in [-0.1, -0.05) is 19.0 Å². The van der Waals surface area contributed by atoms with Gasteiger partial charge in [-0.25, -0.2) is 0 Å². The van der Waals surface area contributed by atoms with Crippen LogP contribution in [0.5, 0.6) is 0 Å². The molecule has 1 aliphatic carbocycles. The molecule has 2 fully saturated rings. The van der Waals surface area contributed by atoms with E-state index in [9.17, 15) is 0 Å². The Kier molecular flexibility index (Phi) is 2.46. The lowest BCUT2D eigenvalue weighted by Gasteiger charge is -2.24. The SMILES string of the molecule is CC(C)c1nc(C2CC3CNC(C3)C2)no1. The molecule has 3 rings (SSSR count). The summed E-state index contributed by atoms with van der Waals surface area (Å²) in [7, 11) is 0. The molecule has 1 aliphatic heterocycles. The van der Waals surface area contributed by atoms with Crippen LogP contribution in [0.2, 0.25) is 0 Å². The van der Waals surface area contributed by atoms with Crippen molar-refractivity contribution in [3.63, 3.8) is 0 Å². The van der Waals surface area contributed by atoms with Crippen LogP contribution in [0.3, 0.4) is 0 Å².